The Bertz CT molecular complexity index is 824. The van der Waals surface area contributed by atoms with E-state index in [2.05, 4.69) is 17.0 Å². The molecule has 0 aliphatic heterocycles. The second-order valence-corrected chi connectivity index (χ2v) is 6.24. The van der Waals surface area contributed by atoms with Gasteiger partial charge in [-0.15, -0.1) is 0 Å². The highest BCUT2D eigenvalue weighted by Crippen LogP contribution is 2.26. The highest BCUT2D eigenvalue weighted by molar-refractivity contribution is 5.36. The number of benzene rings is 1. The third-order valence-electron chi connectivity index (χ3n) is 4.59. The van der Waals surface area contributed by atoms with Crippen molar-refractivity contribution in [1.82, 2.24) is 14.7 Å². The van der Waals surface area contributed by atoms with Crippen molar-refractivity contribution in [3.05, 3.63) is 39.9 Å². The van der Waals surface area contributed by atoms with Gasteiger partial charge < -0.3 is 20.1 Å². The van der Waals surface area contributed by atoms with E-state index < -0.39 is 10.7 Å². The Kier molecular flexibility index (Phi) is 4.73. The first-order chi connectivity index (χ1) is 12.0. The predicted octanol–water partition coefficient (Wildman–Crippen LogP) is 2.31. The molecule has 0 amide bonds. The summed E-state index contributed by atoms with van der Waals surface area (Å²) in [6.45, 7) is 2.08. The number of ether oxygens (including phenoxy) is 1. The molecule has 2 atom stereocenters. The Morgan fingerprint density at radius 2 is 2.00 bits per heavy atom. The van der Waals surface area contributed by atoms with Crippen molar-refractivity contribution in [3.8, 4) is 11.4 Å². The third-order valence-corrected chi connectivity index (χ3v) is 4.59. The molecule has 0 spiro atoms. The monoisotopic (exact) mass is 347 g/mol. The lowest BCUT2D eigenvalue weighted by atomic mass is 9.86. The Hall–Kier alpha value is -2.84. The summed E-state index contributed by atoms with van der Waals surface area (Å²) in [6, 6.07) is 6.61. The van der Waals surface area contributed by atoms with Gasteiger partial charge in [0.2, 0.25) is 0 Å². The molecule has 1 saturated carbocycles. The average molecular weight is 347 g/mol. The van der Waals surface area contributed by atoms with E-state index in [0.29, 0.717) is 22.2 Å². The summed E-state index contributed by atoms with van der Waals surface area (Å²) in [5.41, 5.74) is 0.337. The lowest BCUT2D eigenvalue weighted by Crippen LogP contribution is -2.28. The first-order valence-corrected chi connectivity index (χ1v) is 8.25. The maximum absolute atomic E-state index is 11.4. The lowest BCUT2D eigenvalue weighted by molar-refractivity contribution is -0.391. The molecule has 1 fully saturated rings. The molecule has 9 nitrogen and oxygen atoms in total. The average Bonchev–Trinajstić information content (AvgIpc) is 2.94. The van der Waals surface area contributed by atoms with Crippen molar-refractivity contribution in [2.24, 2.45) is 10.9 Å². The van der Waals surface area contributed by atoms with Crippen LogP contribution in [0.4, 0.5) is 5.82 Å². The number of aromatic nitrogens is 3. The fourth-order valence-electron chi connectivity index (χ4n) is 3.11. The molecule has 3 rings (SSSR count). The number of hydrogen-bond donors (Lipinski definition) is 1. The van der Waals surface area contributed by atoms with Crippen LogP contribution < -0.4 is 10.2 Å². The quantitative estimate of drug-likeness (QED) is 0.519. The van der Waals surface area contributed by atoms with Crippen LogP contribution in [-0.4, -0.2) is 38.0 Å². The van der Waals surface area contributed by atoms with Crippen LogP contribution >= 0.6 is 0 Å². The second-order valence-electron chi connectivity index (χ2n) is 6.24. The molecule has 1 aromatic heterocycles. The molecule has 1 heterocycles. The van der Waals surface area contributed by atoms with E-state index in [1.165, 1.54) is 0 Å². The first-order valence-electron chi connectivity index (χ1n) is 8.25. The highest BCUT2D eigenvalue weighted by atomic mass is 16.6. The largest absolute Gasteiger partial charge is 0.497 e. The van der Waals surface area contributed by atoms with Gasteiger partial charge in [0.15, 0.2) is 0 Å². The molecule has 0 saturated heterocycles. The normalized spacial score (nSPS) is 21.3. The number of rotatable bonds is 4. The molecular formula is C16H21N5O4. The van der Waals surface area contributed by atoms with Gasteiger partial charge in [-0.25, -0.2) is 0 Å². The first kappa shape index (κ1) is 17.0. The number of nitro groups is 1. The van der Waals surface area contributed by atoms with Crippen molar-refractivity contribution < 1.29 is 14.9 Å². The van der Waals surface area contributed by atoms with Gasteiger partial charge in [0, 0.05) is 0 Å². The zero-order valence-electron chi connectivity index (χ0n) is 14.2. The van der Waals surface area contributed by atoms with E-state index in [4.69, 9.17) is 4.74 Å². The van der Waals surface area contributed by atoms with Crippen molar-refractivity contribution >= 4 is 5.82 Å². The van der Waals surface area contributed by atoms with Crippen molar-refractivity contribution in [3.63, 3.8) is 0 Å². The summed E-state index contributed by atoms with van der Waals surface area (Å²) in [5.74, 6) is 0.490. The van der Waals surface area contributed by atoms with Crippen LogP contribution in [0.15, 0.2) is 29.3 Å². The van der Waals surface area contributed by atoms with Crippen LogP contribution in [0.3, 0.4) is 0 Å². The standard InChI is InChI=1S/C16H21N5O4/c1-11-5-3-4-6-14(11)17-15-16(21(23)24)18-19(20(15)22)12-7-9-13(25-2)10-8-12/h7-11,14,22H,3-6H2,1-2H3/t11-,14-/m1/s1. The summed E-state index contributed by atoms with van der Waals surface area (Å²) >= 11 is 0. The molecule has 0 unspecified atom stereocenters. The van der Waals surface area contributed by atoms with Gasteiger partial charge in [-0.2, -0.15) is 0 Å². The van der Waals surface area contributed by atoms with Gasteiger partial charge in [0.05, 0.1) is 18.3 Å². The fourth-order valence-corrected chi connectivity index (χ4v) is 3.11. The molecular weight excluding hydrogens is 326 g/mol. The van der Waals surface area contributed by atoms with Gasteiger partial charge in [-0.3, -0.25) is 4.99 Å². The minimum Gasteiger partial charge on any atom is -0.497 e. The van der Waals surface area contributed by atoms with E-state index in [-0.39, 0.29) is 11.5 Å². The molecule has 0 radical (unpaired) electrons. The Morgan fingerprint density at radius 3 is 2.60 bits per heavy atom. The molecule has 0 bridgehead atoms. The fraction of sp³-hybridized carbons (Fsp3) is 0.500. The van der Waals surface area contributed by atoms with Crippen LogP contribution in [-0.2, 0) is 0 Å². The van der Waals surface area contributed by atoms with E-state index >= 15 is 0 Å². The van der Waals surface area contributed by atoms with E-state index in [0.717, 1.165) is 30.5 Å². The Balaban J connectivity index is 2.08. The van der Waals surface area contributed by atoms with Gasteiger partial charge in [-0.1, -0.05) is 24.6 Å². The van der Waals surface area contributed by atoms with Gasteiger partial charge in [0.1, 0.15) is 11.4 Å². The van der Waals surface area contributed by atoms with E-state index in [1.807, 2.05) is 0 Å². The summed E-state index contributed by atoms with van der Waals surface area (Å²) in [7, 11) is 1.54. The topological polar surface area (TPSA) is 108 Å². The zero-order valence-corrected chi connectivity index (χ0v) is 14.2. The van der Waals surface area contributed by atoms with Crippen LogP contribution in [0.2, 0.25) is 0 Å². The van der Waals surface area contributed by atoms with E-state index in [1.54, 1.807) is 31.4 Å². The van der Waals surface area contributed by atoms with Crippen molar-refractivity contribution in [2.75, 3.05) is 7.11 Å². The molecule has 25 heavy (non-hydrogen) atoms. The molecule has 1 aliphatic carbocycles. The molecule has 9 heteroatoms. The third kappa shape index (κ3) is 3.35. The molecule has 2 aromatic rings. The lowest BCUT2D eigenvalue weighted by Gasteiger charge is -2.24. The Morgan fingerprint density at radius 1 is 1.32 bits per heavy atom. The van der Waals surface area contributed by atoms with Gasteiger partial charge in [0.25, 0.3) is 5.49 Å². The SMILES string of the molecule is COc1ccc(-n2nc([N+](=O)[O-])c(=N[C@@H]3CCCC[C@H]3C)n2O)cc1. The highest BCUT2D eigenvalue weighted by Gasteiger charge is 2.27. The van der Waals surface area contributed by atoms with Crippen LogP contribution in [0, 0.1) is 16.0 Å². The van der Waals surface area contributed by atoms with Crippen LogP contribution in [0.25, 0.3) is 5.69 Å². The van der Waals surface area contributed by atoms with Crippen molar-refractivity contribution in [1.29, 1.82) is 0 Å². The van der Waals surface area contributed by atoms with Gasteiger partial charge in [-0.05, 0) is 52.7 Å². The van der Waals surface area contributed by atoms with Crippen LogP contribution in [0.1, 0.15) is 32.6 Å². The van der Waals surface area contributed by atoms with Gasteiger partial charge >= 0.3 is 5.82 Å². The predicted molar refractivity (Wildman–Crippen MR) is 88.9 cm³/mol. The maximum Gasteiger partial charge on any atom is 0.438 e. The maximum atomic E-state index is 11.4. The van der Waals surface area contributed by atoms with Crippen molar-refractivity contribution in [2.45, 2.75) is 38.6 Å². The second kappa shape index (κ2) is 6.96. The zero-order chi connectivity index (χ0) is 18.0. The summed E-state index contributed by atoms with van der Waals surface area (Å²) in [5, 5.41) is 25.7. The number of methoxy groups -OCH3 is 1. The summed E-state index contributed by atoms with van der Waals surface area (Å²) in [4.78, 5) is 16.9. The number of nitrogens with zero attached hydrogens (tertiary/aromatic N) is 5. The van der Waals surface area contributed by atoms with E-state index in [9.17, 15) is 15.3 Å². The molecule has 1 N–H and O–H groups in total. The Labute approximate surface area is 144 Å². The molecule has 1 aliphatic rings. The van der Waals surface area contributed by atoms with Crippen LogP contribution in [0.5, 0.6) is 5.75 Å². The minimum absolute atomic E-state index is 0.0561. The number of hydrogen-bond acceptors (Lipinski definition) is 6. The summed E-state index contributed by atoms with van der Waals surface area (Å²) < 4.78 is 5.09. The summed E-state index contributed by atoms with van der Waals surface area (Å²) in [6.07, 6.45) is 4.05. The molecule has 1 aromatic carbocycles. The minimum atomic E-state index is -0.626. The molecule has 134 valence electrons. The smallest absolute Gasteiger partial charge is 0.438 e.